The molecular formula is C27H25Cl3F3N3O4. The average molecular weight is 619 g/mol. The number of anilines is 2. The number of nitrogens with zero attached hydrogens (tertiary/aromatic N) is 2. The molecule has 3 aliphatic heterocycles. The minimum atomic E-state index is -3.35. The first kappa shape index (κ1) is 29.0. The van der Waals surface area contributed by atoms with Crippen molar-refractivity contribution in [2.24, 2.45) is 17.3 Å². The number of benzene rings is 2. The van der Waals surface area contributed by atoms with E-state index < -0.39 is 71.3 Å². The third-order valence-corrected chi connectivity index (χ3v) is 8.38. The number of fused-ring (bicyclic) bond motifs is 4. The second-order valence-corrected chi connectivity index (χ2v) is 13.0. The largest absolute Gasteiger partial charge is 0.481 e. The molecule has 5 rings (SSSR count). The van der Waals surface area contributed by atoms with Crippen molar-refractivity contribution >= 4 is 64.0 Å². The maximum Gasteiger partial charge on any atom is 0.310 e. The van der Waals surface area contributed by atoms with Gasteiger partial charge in [-0.15, -0.1) is 0 Å². The smallest absolute Gasteiger partial charge is 0.310 e. The second kappa shape index (κ2) is 9.51. The molecule has 4 atom stereocenters. The van der Waals surface area contributed by atoms with Gasteiger partial charge in [0, 0.05) is 40.3 Å². The fourth-order valence-corrected chi connectivity index (χ4v) is 7.19. The van der Waals surface area contributed by atoms with E-state index in [4.69, 9.17) is 34.8 Å². The number of hydrogen-bond acceptors (Lipinski definition) is 4. The molecule has 0 saturated carbocycles. The highest BCUT2D eigenvalue weighted by Gasteiger charge is 2.74. The fraction of sp³-hybridized carbons (Fsp3) is 0.444. The van der Waals surface area contributed by atoms with E-state index >= 15 is 8.78 Å². The van der Waals surface area contributed by atoms with E-state index in [1.807, 2.05) is 20.8 Å². The summed E-state index contributed by atoms with van der Waals surface area (Å²) < 4.78 is 44.7. The van der Waals surface area contributed by atoms with Gasteiger partial charge in [0.25, 0.3) is 11.8 Å². The summed E-state index contributed by atoms with van der Waals surface area (Å²) in [6.45, 7) is 4.56. The van der Waals surface area contributed by atoms with Crippen LogP contribution in [0.15, 0.2) is 30.3 Å². The Morgan fingerprint density at radius 2 is 1.75 bits per heavy atom. The van der Waals surface area contributed by atoms with Gasteiger partial charge in [-0.3, -0.25) is 19.3 Å². The lowest BCUT2D eigenvalue weighted by atomic mass is 9.73. The molecule has 2 saturated heterocycles. The van der Waals surface area contributed by atoms with Crippen LogP contribution in [0.5, 0.6) is 0 Å². The number of carboxylic acid groups (broad SMARTS) is 1. The minimum absolute atomic E-state index is 0.0463. The highest BCUT2D eigenvalue weighted by atomic mass is 35.5. The van der Waals surface area contributed by atoms with E-state index in [-0.39, 0.29) is 38.6 Å². The van der Waals surface area contributed by atoms with Gasteiger partial charge in [0.15, 0.2) is 0 Å². The molecule has 1 unspecified atom stereocenters. The Labute approximate surface area is 243 Å². The van der Waals surface area contributed by atoms with Gasteiger partial charge in [0.2, 0.25) is 5.91 Å². The summed E-state index contributed by atoms with van der Waals surface area (Å²) in [6.07, 6.45) is -0.875. The molecule has 13 heteroatoms. The molecule has 2 N–H and O–H groups in total. The number of carboxylic acids is 1. The van der Waals surface area contributed by atoms with Crippen molar-refractivity contribution in [2.75, 3.05) is 23.3 Å². The van der Waals surface area contributed by atoms with Gasteiger partial charge >= 0.3 is 5.97 Å². The van der Waals surface area contributed by atoms with Gasteiger partial charge in [-0.2, -0.15) is 0 Å². The molecule has 3 aliphatic rings. The fourth-order valence-electron chi connectivity index (χ4n) is 6.43. The zero-order chi connectivity index (χ0) is 29.5. The first-order chi connectivity index (χ1) is 18.5. The van der Waals surface area contributed by atoms with Crippen molar-refractivity contribution in [1.29, 1.82) is 0 Å². The molecule has 2 aromatic rings. The summed E-state index contributed by atoms with van der Waals surface area (Å²) in [4.78, 5) is 43.5. The Bertz CT molecular complexity index is 1430. The molecule has 7 nitrogen and oxygen atoms in total. The molecule has 0 bridgehead atoms. The maximum atomic E-state index is 15.0. The number of carbonyl (C=O) groups excluding carboxylic acids is 2. The average Bonchev–Trinajstić information content (AvgIpc) is 3.37. The predicted molar refractivity (Wildman–Crippen MR) is 145 cm³/mol. The zero-order valence-electron chi connectivity index (χ0n) is 21.6. The topological polar surface area (TPSA) is 90.0 Å². The number of alkyl halides is 2. The lowest BCUT2D eigenvalue weighted by molar-refractivity contribution is -0.153. The number of nitrogens with one attached hydrogen (secondary N) is 1. The quantitative estimate of drug-likeness (QED) is 0.435. The lowest BCUT2D eigenvalue weighted by Gasteiger charge is -2.36. The Balaban J connectivity index is 1.74. The Kier molecular flexibility index (Phi) is 6.89. The highest BCUT2D eigenvalue weighted by molar-refractivity contribution is 6.35. The van der Waals surface area contributed by atoms with E-state index in [0.29, 0.717) is 0 Å². The maximum absolute atomic E-state index is 15.0. The molecule has 214 valence electrons. The summed E-state index contributed by atoms with van der Waals surface area (Å²) in [5.41, 5.74) is -2.87. The van der Waals surface area contributed by atoms with Crippen LogP contribution in [0.3, 0.4) is 0 Å². The summed E-state index contributed by atoms with van der Waals surface area (Å²) in [6, 6.07) is 4.86. The zero-order valence-corrected chi connectivity index (χ0v) is 23.8. The Morgan fingerprint density at radius 1 is 1.12 bits per heavy atom. The Morgan fingerprint density at radius 3 is 2.33 bits per heavy atom. The lowest BCUT2D eigenvalue weighted by Crippen LogP contribution is -2.54. The van der Waals surface area contributed by atoms with Crippen molar-refractivity contribution in [3.8, 4) is 0 Å². The van der Waals surface area contributed by atoms with Crippen molar-refractivity contribution < 1.29 is 32.7 Å². The monoisotopic (exact) mass is 617 g/mol. The summed E-state index contributed by atoms with van der Waals surface area (Å²) in [5, 5.41) is 13.2. The number of carbonyl (C=O) groups is 3. The predicted octanol–water partition coefficient (Wildman–Crippen LogP) is 6.05. The van der Waals surface area contributed by atoms with E-state index in [9.17, 15) is 23.9 Å². The summed E-state index contributed by atoms with van der Waals surface area (Å²) in [5.74, 6) is -11.0. The van der Waals surface area contributed by atoms with Crippen molar-refractivity contribution in [3.05, 3.63) is 56.8 Å². The normalized spacial score (nSPS) is 27.0. The molecule has 2 fully saturated rings. The van der Waals surface area contributed by atoms with Crippen LogP contribution in [0, 0.1) is 23.1 Å². The van der Waals surface area contributed by atoms with Crippen molar-refractivity contribution in [2.45, 2.75) is 44.7 Å². The van der Waals surface area contributed by atoms with Crippen LogP contribution >= 0.6 is 34.8 Å². The minimum Gasteiger partial charge on any atom is -0.481 e. The SMILES string of the molecule is CC(C)(C)CN(C(=O)C1[C@@H](C(=O)O)[C@]2(C(=O)Nc3c(Cl)cc(F)cc32)N2CC(F)(F)C[C@@H]12)c1cc(Cl)cc(Cl)c1. The van der Waals surface area contributed by atoms with Crippen LogP contribution in [-0.4, -0.2) is 52.8 Å². The molecular weight excluding hydrogens is 594 g/mol. The van der Waals surface area contributed by atoms with E-state index in [1.54, 1.807) is 0 Å². The molecule has 0 aromatic heterocycles. The third kappa shape index (κ3) is 4.53. The molecule has 3 heterocycles. The van der Waals surface area contributed by atoms with Crippen LogP contribution in [0.2, 0.25) is 15.1 Å². The number of hydrogen-bond donors (Lipinski definition) is 2. The van der Waals surface area contributed by atoms with E-state index in [1.165, 1.54) is 23.1 Å². The molecule has 0 radical (unpaired) electrons. The number of halogens is 6. The number of rotatable bonds is 4. The van der Waals surface area contributed by atoms with Gasteiger partial charge in [-0.05, 0) is 35.7 Å². The molecule has 2 aromatic carbocycles. The van der Waals surface area contributed by atoms with Gasteiger partial charge in [-0.1, -0.05) is 55.6 Å². The molecule has 40 heavy (non-hydrogen) atoms. The van der Waals surface area contributed by atoms with Crippen molar-refractivity contribution in [3.63, 3.8) is 0 Å². The van der Waals surface area contributed by atoms with Crippen LogP contribution in [0.4, 0.5) is 24.5 Å². The third-order valence-electron chi connectivity index (χ3n) is 7.65. The first-order valence-corrected chi connectivity index (χ1v) is 13.6. The summed E-state index contributed by atoms with van der Waals surface area (Å²) in [7, 11) is 0. The highest BCUT2D eigenvalue weighted by Crippen LogP contribution is 2.61. The van der Waals surface area contributed by atoms with Crippen molar-refractivity contribution in [1.82, 2.24) is 4.90 Å². The van der Waals surface area contributed by atoms with E-state index in [0.717, 1.165) is 17.0 Å². The Hall–Kier alpha value is -2.53. The van der Waals surface area contributed by atoms with Gasteiger partial charge in [0.05, 0.1) is 23.2 Å². The van der Waals surface area contributed by atoms with Crippen LogP contribution in [-0.2, 0) is 19.9 Å². The number of amides is 2. The second-order valence-electron chi connectivity index (χ2n) is 11.7. The molecule has 2 amide bonds. The molecule has 1 spiro atoms. The van der Waals surface area contributed by atoms with Crippen LogP contribution in [0.25, 0.3) is 0 Å². The summed E-state index contributed by atoms with van der Waals surface area (Å²) >= 11 is 18.6. The first-order valence-electron chi connectivity index (χ1n) is 12.4. The van der Waals surface area contributed by atoms with Crippen LogP contribution in [0.1, 0.15) is 32.8 Å². The van der Waals surface area contributed by atoms with Crippen LogP contribution < -0.4 is 10.2 Å². The van der Waals surface area contributed by atoms with Gasteiger partial charge in [-0.25, -0.2) is 13.2 Å². The van der Waals surface area contributed by atoms with E-state index in [2.05, 4.69) is 5.32 Å². The molecule has 0 aliphatic carbocycles. The van der Waals surface area contributed by atoms with Gasteiger partial charge < -0.3 is 15.3 Å². The standard InChI is InChI=1S/C27H25Cl3F3N3O4/c1-25(2,3)10-35(15-5-12(28)4-13(29)6-15)22(37)19-18-9-26(32,33)11-36(18)27(20(19)23(38)39)16-7-14(31)8-17(30)21(16)34-24(27)40/h4-8,18-20H,9-11H2,1-3H3,(H,34,40)(H,38,39)/t18-,19?,20-,27+/m0/s1. The van der Waals surface area contributed by atoms with Gasteiger partial charge in [0.1, 0.15) is 17.3 Å². The number of aliphatic carboxylic acids is 1.